The molecule has 1 saturated heterocycles. The van der Waals surface area contributed by atoms with Gasteiger partial charge in [-0.1, -0.05) is 0 Å². The van der Waals surface area contributed by atoms with Crippen LogP contribution in [0.5, 0.6) is 0 Å². The standard InChI is InChI=1S/C20H34N4O7S2/c1-32-10-7-14(23-17(27)12-4-3-9-21-12)19(29)22-13(5-6-16(25)26)18(28)24-15(20(30)31)8-11-33-2/h12-15,21H,3-11H2,1-2H3,(H,22,29)(H,23,27)(H,24,28)(H,25,26)(H,30,31). The summed E-state index contributed by atoms with van der Waals surface area (Å²) >= 11 is 2.92. The fraction of sp³-hybridized carbons (Fsp3) is 0.750. The number of hydrogen-bond acceptors (Lipinski definition) is 8. The topological polar surface area (TPSA) is 174 Å². The van der Waals surface area contributed by atoms with Gasteiger partial charge in [0.1, 0.15) is 18.1 Å². The minimum atomic E-state index is -1.25. The molecular weight excluding hydrogens is 472 g/mol. The van der Waals surface area contributed by atoms with Gasteiger partial charge in [-0.3, -0.25) is 19.2 Å². The van der Waals surface area contributed by atoms with Crippen LogP contribution in [0, 0.1) is 0 Å². The van der Waals surface area contributed by atoms with E-state index in [1.807, 2.05) is 6.26 Å². The van der Waals surface area contributed by atoms with Gasteiger partial charge in [-0.25, -0.2) is 4.79 Å². The SMILES string of the molecule is CSCCC(NC(=O)C(CCC(=O)O)NC(=O)C(CCSC)NC(=O)C1CCCN1)C(=O)O. The minimum Gasteiger partial charge on any atom is -0.481 e. The Morgan fingerprint density at radius 2 is 1.42 bits per heavy atom. The molecule has 0 aliphatic carbocycles. The van der Waals surface area contributed by atoms with Gasteiger partial charge in [0, 0.05) is 6.42 Å². The molecule has 1 aliphatic rings. The van der Waals surface area contributed by atoms with Crippen molar-refractivity contribution in [1.82, 2.24) is 21.3 Å². The van der Waals surface area contributed by atoms with Crippen molar-refractivity contribution in [2.24, 2.45) is 0 Å². The zero-order valence-electron chi connectivity index (χ0n) is 18.9. The van der Waals surface area contributed by atoms with E-state index in [1.54, 1.807) is 6.26 Å². The van der Waals surface area contributed by atoms with Crippen molar-refractivity contribution >= 4 is 53.2 Å². The van der Waals surface area contributed by atoms with Crippen LogP contribution in [0.4, 0.5) is 0 Å². The Bertz CT molecular complexity index is 689. The third kappa shape index (κ3) is 11.1. The van der Waals surface area contributed by atoms with Crippen LogP contribution in [0.1, 0.15) is 38.5 Å². The second kappa shape index (κ2) is 15.8. The molecule has 13 heteroatoms. The minimum absolute atomic E-state index is 0.183. The average molecular weight is 507 g/mol. The lowest BCUT2D eigenvalue weighted by Gasteiger charge is -2.25. The van der Waals surface area contributed by atoms with E-state index in [0.29, 0.717) is 24.3 Å². The summed E-state index contributed by atoms with van der Waals surface area (Å²) in [7, 11) is 0. The van der Waals surface area contributed by atoms with Crippen molar-refractivity contribution < 1.29 is 34.2 Å². The Balaban J connectivity index is 2.90. The summed E-state index contributed by atoms with van der Waals surface area (Å²) in [6.07, 6.45) is 5.09. The van der Waals surface area contributed by atoms with E-state index in [0.717, 1.165) is 13.0 Å². The van der Waals surface area contributed by atoms with Crippen LogP contribution < -0.4 is 21.3 Å². The highest BCUT2D eigenvalue weighted by molar-refractivity contribution is 7.98. The normalized spacial score (nSPS) is 18.1. The van der Waals surface area contributed by atoms with E-state index in [2.05, 4.69) is 21.3 Å². The Morgan fingerprint density at radius 1 is 0.879 bits per heavy atom. The van der Waals surface area contributed by atoms with Crippen molar-refractivity contribution in [2.75, 3.05) is 30.6 Å². The van der Waals surface area contributed by atoms with Crippen LogP contribution >= 0.6 is 23.5 Å². The summed E-state index contributed by atoms with van der Waals surface area (Å²) in [6, 6.07) is -3.69. The van der Waals surface area contributed by atoms with Crippen LogP contribution in [0.15, 0.2) is 0 Å². The number of nitrogens with one attached hydrogen (secondary N) is 4. The molecule has 33 heavy (non-hydrogen) atoms. The molecule has 1 aliphatic heterocycles. The maximum Gasteiger partial charge on any atom is 0.326 e. The zero-order chi connectivity index (χ0) is 24.8. The van der Waals surface area contributed by atoms with E-state index >= 15 is 0 Å². The first-order valence-corrected chi connectivity index (χ1v) is 13.5. The number of carboxylic acids is 2. The molecule has 3 amide bonds. The number of amides is 3. The lowest BCUT2D eigenvalue weighted by atomic mass is 10.1. The van der Waals surface area contributed by atoms with Gasteiger partial charge in [0.15, 0.2) is 0 Å². The monoisotopic (exact) mass is 506 g/mol. The van der Waals surface area contributed by atoms with Gasteiger partial charge in [-0.15, -0.1) is 0 Å². The molecular formula is C20H34N4O7S2. The molecule has 1 rings (SSSR count). The fourth-order valence-corrected chi connectivity index (χ4v) is 4.20. The van der Waals surface area contributed by atoms with Gasteiger partial charge in [-0.05, 0) is 62.7 Å². The molecule has 0 radical (unpaired) electrons. The maximum atomic E-state index is 12.9. The largest absolute Gasteiger partial charge is 0.481 e. The van der Waals surface area contributed by atoms with E-state index in [-0.39, 0.29) is 24.8 Å². The quantitative estimate of drug-likeness (QED) is 0.162. The highest BCUT2D eigenvalue weighted by atomic mass is 32.2. The summed E-state index contributed by atoms with van der Waals surface area (Å²) in [5.41, 5.74) is 0. The third-order valence-electron chi connectivity index (χ3n) is 5.13. The molecule has 11 nitrogen and oxygen atoms in total. The summed E-state index contributed by atoms with van der Waals surface area (Å²) in [6.45, 7) is 0.721. The number of carboxylic acid groups (broad SMARTS) is 2. The van der Waals surface area contributed by atoms with Crippen LogP contribution in [-0.4, -0.2) is 94.6 Å². The highest BCUT2D eigenvalue weighted by Gasteiger charge is 2.31. The lowest BCUT2D eigenvalue weighted by Crippen LogP contribution is -2.57. The van der Waals surface area contributed by atoms with Crippen LogP contribution in [-0.2, 0) is 24.0 Å². The smallest absolute Gasteiger partial charge is 0.326 e. The fourth-order valence-electron chi connectivity index (χ4n) is 3.26. The Kier molecular flexibility index (Phi) is 13.9. The van der Waals surface area contributed by atoms with Crippen molar-refractivity contribution in [3.8, 4) is 0 Å². The Morgan fingerprint density at radius 3 is 1.91 bits per heavy atom. The number of hydrogen-bond donors (Lipinski definition) is 6. The number of carbonyl (C=O) groups is 5. The second-order valence-corrected chi connectivity index (χ2v) is 9.64. The van der Waals surface area contributed by atoms with Gasteiger partial charge in [0.05, 0.1) is 6.04 Å². The predicted molar refractivity (Wildman–Crippen MR) is 127 cm³/mol. The number of rotatable bonds is 16. The first kappa shape index (κ1) is 29.0. The molecule has 6 N–H and O–H groups in total. The van der Waals surface area contributed by atoms with Gasteiger partial charge in [0.2, 0.25) is 17.7 Å². The zero-order valence-corrected chi connectivity index (χ0v) is 20.6. The number of thioether (sulfide) groups is 2. The average Bonchev–Trinajstić information content (AvgIpc) is 3.31. The first-order valence-electron chi connectivity index (χ1n) is 10.8. The molecule has 4 atom stereocenters. The lowest BCUT2D eigenvalue weighted by molar-refractivity contribution is -0.143. The van der Waals surface area contributed by atoms with Gasteiger partial charge in [0.25, 0.3) is 0 Å². The van der Waals surface area contributed by atoms with Crippen molar-refractivity contribution in [3.63, 3.8) is 0 Å². The van der Waals surface area contributed by atoms with E-state index in [1.165, 1.54) is 23.5 Å². The van der Waals surface area contributed by atoms with Crippen LogP contribution in [0.2, 0.25) is 0 Å². The van der Waals surface area contributed by atoms with Gasteiger partial charge in [-0.2, -0.15) is 23.5 Å². The Hall–Kier alpha value is -1.99. The molecule has 1 fully saturated rings. The predicted octanol–water partition coefficient (Wildman–Crippen LogP) is -0.352. The Labute approximate surface area is 202 Å². The van der Waals surface area contributed by atoms with E-state index < -0.39 is 48.3 Å². The number of aliphatic carboxylic acids is 2. The van der Waals surface area contributed by atoms with Crippen molar-refractivity contribution in [2.45, 2.75) is 62.7 Å². The third-order valence-corrected chi connectivity index (χ3v) is 6.41. The molecule has 1 heterocycles. The molecule has 0 aromatic carbocycles. The summed E-state index contributed by atoms with van der Waals surface area (Å²) in [4.78, 5) is 60.7. The summed E-state index contributed by atoms with van der Waals surface area (Å²) in [5.74, 6) is -2.97. The van der Waals surface area contributed by atoms with Crippen molar-refractivity contribution in [3.05, 3.63) is 0 Å². The second-order valence-electron chi connectivity index (χ2n) is 7.67. The van der Waals surface area contributed by atoms with Crippen LogP contribution in [0.25, 0.3) is 0 Å². The van der Waals surface area contributed by atoms with Gasteiger partial charge < -0.3 is 31.5 Å². The molecule has 0 aromatic heterocycles. The van der Waals surface area contributed by atoms with E-state index in [4.69, 9.17) is 5.11 Å². The summed E-state index contributed by atoms with van der Waals surface area (Å²) < 4.78 is 0. The van der Waals surface area contributed by atoms with Gasteiger partial charge >= 0.3 is 11.9 Å². The molecule has 0 spiro atoms. The first-order chi connectivity index (χ1) is 15.7. The maximum absolute atomic E-state index is 12.9. The van der Waals surface area contributed by atoms with E-state index in [9.17, 15) is 29.1 Å². The van der Waals surface area contributed by atoms with Crippen LogP contribution in [0.3, 0.4) is 0 Å². The van der Waals surface area contributed by atoms with Crippen molar-refractivity contribution in [1.29, 1.82) is 0 Å². The highest BCUT2D eigenvalue weighted by Crippen LogP contribution is 2.09. The molecule has 0 aromatic rings. The molecule has 188 valence electrons. The molecule has 4 unspecified atom stereocenters. The summed E-state index contributed by atoms with van der Waals surface area (Å²) in [5, 5.41) is 29.1. The molecule has 0 saturated carbocycles. The molecule has 0 bridgehead atoms. The number of carbonyl (C=O) groups excluding carboxylic acids is 3.